The molecule has 0 spiro atoms. The van der Waals surface area contributed by atoms with Crippen molar-refractivity contribution in [3.05, 3.63) is 24.0 Å². The molecular weight excluding hydrogens is 218 g/mol. The van der Waals surface area contributed by atoms with Gasteiger partial charge in [-0.2, -0.15) is 0 Å². The molecule has 94 valence electrons. The molecule has 0 aliphatic carbocycles. The number of nitrogen functional groups attached to an aromatic ring is 1. The average molecular weight is 237 g/mol. The van der Waals surface area contributed by atoms with Crippen LogP contribution < -0.4 is 5.73 Å². The molecule has 0 saturated carbocycles. The Balaban J connectivity index is 2.60. The molecule has 1 aromatic rings. The highest BCUT2D eigenvalue weighted by Crippen LogP contribution is 2.12. The van der Waals surface area contributed by atoms with Crippen molar-refractivity contribution in [3.8, 4) is 0 Å². The van der Waals surface area contributed by atoms with Gasteiger partial charge < -0.3 is 15.4 Å². The molecule has 1 amide bonds. The number of carbonyl (C=O) groups excluding carboxylic acids is 1. The Morgan fingerprint density at radius 2 is 2.12 bits per heavy atom. The van der Waals surface area contributed by atoms with E-state index < -0.39 is 5.60 Å². The van der Waals surface area contributed by atoms with Crippen LogP contribution in [0.1, 0.15) is 26.3 Å². The first-order chi connectivity index (χ1) is 7.78. The fourth-order valence-electron chi connectivity index (χ4n) is 1.27. The molecular formula is C12H19N3O2. The SMILES string of the molecule is CN(Cc1cncc(N)c1)C(=O)OC(C)(C)C. The number of hydrogen-bond acceptors (Lipinski definition) is 4. The van der Waals surface area contributed by atoms with E-state index in [2.05, 4.69) is 4.98 Å². The lowest BCUT2D eigenvalue weighted by molar-refractivity contribution is 0.0285. The van der Waals surface area contributed by atoms with Gasteiger partial charge in [0.05, 0.1) is 12.2 Å². The van der Waals surface area contributed by atoms with Gasteiger partial charge in [0.25, 0.3) is 0 Å². The lowest BCUT2D eigenvalue weighted by atomic mass is 10.2. The van der Waals surface area contributed by atoms with Crippen LogP contribution in [0.25, 0.3) is 0 Å². The summed E-state index contributed by atoms with van der Waals surface area (Å²) in [4.78, 5) is 17.2. The molecule has 0 fully saturated rings. The summed E-state index contributed by atoms with van der Waals surface area (Å²) in [5, 5.41) is 0. The zero-order valence-electron chi connectivity index (χ0n) is 10.7. The fourth-order valence-corrected chi connectivity index (χ4v) is 1.27. The van der Waals surface area contributed by atoms with Gasteiger partial charge in [-0.15, -0.1) is 0 Å². The first-order valence-corrected chi connectivity index (χ1v) is 5.41. The maximum Gasteiger partial charge on any atom is 0.410 e. The number of anilines is 1. The van der Waals surface area contributed by atoms with Crippen molar-refractivity contribution in [1.29, 1.82) is 0 Å². The zero-order valence-corrected chi connectivity index (χ0v) is 10.7. The summed E-state index contributed by atoms with van der Waals surface area (Å²) in [6.45, 7) is 5.93. The van der Waals surface area contributed by atoms with E-state index in [4.69, 9.17) is 10.5 Å². The summed E-state index contributed by atoms with van der Waals surface area (Å²) in [6, 6.07) is 1.79. The molecule has 0 bridgehead atoms. The van der Waals surface area contributed by atoms with Gasteiger partial charge in [0.2, 0.25) is 0 Å². The minimum atomic E-state index is -0.487. The van der Waals surface area contributed by atoms with Gasteiger partial charge in [-0.3, -0.25) is 4.98 Å². The molecule has 1 heterocycles. The smallest absolute Gasteiger partial charge is 0.410 e. The predicted molar refractivity (Wildman–Crippen MR) is 66.4 cm³/mol. The number of aromatic nitrogens is 1. The summed E-state index contributed by atoms with van der Waals surface area (Å²) in [5.74, 6) is 0. The van der Waals surface area contributed by atoms with E-state index in [1.165, 1.54) is 4.90 Å². The number of nitrogens with zero attached hydrogens (tertiary/aromatic N) is 2. The molecule has 0 aromatic carbocycles. The third kappa shape index (κ3) is 4.72. The van der Waals surface area contributed by atoms with Crippen LogP contribution in [0.2, 0.25) is 0 Å². The predicted octanol–water partition coefficient (Wildman–Crippen LogP) is 2.03. The Morgan fingerprint density at radius 1 is 1.47 bits per heavy atom. The number of pyridine rings is 1. The largest absolute Gasteiger partial charge is 0.444 e. The number of carbonyl (C=O) groups is 1. The van der Waals surface area contributed by atoms with Crippen LogP contribution >= 0.6 is 0 Å². The van der Waals surface area contributed by atoms with Crippen LogP contribution in [-0.4, -0.2) is 28.6 Å². The normalized spacial score (nSPS) is 11.1. The molecule has 0 aliphatic rings. The van der Waals surface area contributed by atoms with Gasteiger partial charge in [-0.1, -0.05) is 0 Å². The Bertz CT molecular complexity index is 399. The highest BCUT2D eigenvalue weighted by molar-refractivity contribution is 5.67. The lowest BCUT2D eigenvalue weighted by Gasteiger charge is -2.24. The minimum Gasteiger partial charge on any atom is -0.444 e. The molecule has 0 aliphatic heterocycles. The van der Waals surface area contributed by atoms with E-state index in [0.717, 1.165) is 5.56 Å². The Hall–Kier alpha value is -1.78. The second-order valence-electron chi connectivity index (χ2n) is 4.96. The Morgan fingerprint density at radius 3 is 2.65 bits per heavy atom. The monoisotopic (exact) mass is 237 g/mol. The standard InChI is InChI=1S/C12H19N3O2/c1-12(2,3)17-11(16)15(4)8-9-5-10(13)7-14-6-9/h5-7H,8,13H2,1-4H3. The van der Waals surface area contributed by atoms with E-state index in [1.54, 1.807) is 25.5 Å². The maximum absolute atomic E-state index is 11.7. The lowest BCUT2D eigenvalue weighted by Crippen LogP contribution is -2.33. The second kappa shape index (κ2) is 5.03. The van der Waals surface area contributed by atoms with E-state index in [0.29, 0.717) is 12.2 Å². The second-order valence-corrected chi connectivity index (χ2v) is 4.96. The zero-order chi connectivity index (χ0) is 13.1. The third-order valence-electron chi connectivity index (χ3n) is 1.94. The Labute approximate surface area is 102 Å². The van der Waals surface area contributed by atoms with Gasteiger partial charge in [0.15, 0.2) is 0 Å². The Kier molecular flexibility index (Phi) is 3.93. The number of hydrogen-bond donors (Lipinski definition) is 1. The molecule has 17 heavy (non-hydrogen) atoms. The number of amides is 1. The fraction of sp³-hybridized carbons (Fsp3) is 0.500. The van der Waals surface area contributed by atoms with Crippen molar-refractivity contribution in [2.45, 2.75) is 32.9 Å². The van der Waals surface area contributed by atoms with Crippen LogP contribution in [0.15, 0.2) is 18.5 Å². The van der Waals surface area contributed by atoms with Gasteiger partial charge >= 0.3 is 6.09 Å². The van der Waals surface area contributed by atoms with E-state index >= 15 is 0 Å². The summed E-state index contributed by atoms with van der Waals surface area (Å²) in [6.07, 6.45) is 2.88. The van der Waals surface area contributed by atoms with Crippen LogP contribution in [0.5, 0.6) is 0 Å². The van der Waals surface area contributed by atoms with Crippen molar-refractivity contribution in [2.75, 3.05) is 12.8 Å². The quantitative estimate of drug-likeness (QED) is 0.854. The third-order valence-corrected chi connectivity index (χ3v) is 1.94. The molecule has 0 unspecified atom stereocenters. The summed E-state index contributed by atoms with van der Waals surface area (Å²) in [7, 11) is 1.68. The van der Waals surface area contributed by atoms with Crippen molar-refractivity contribution >= 4 is 11.8 Å². The molecule has 0 saturated heterocycles. The van der Waals surface area contributed by atoms with Crippen molar-refractivity contribution in [2.24, 2.45) is 0 Å². The number of nitrogens with two attached hydrogens (primary N) is 1. The number of ether oxygens (including phenoxy) is 1. The molecule has 0 atom stereocenters. The molecule has 1 rings (SSSR count). The minimum absolute atomic E-state index is 0.361. The topological polar surface area (TPSA) is 68.5 Å². The average Bonchev–Trinajstić information content (AvgIpc) is 2.14. The van der Waals surface area contributed by atoms with Gasteiger partial charge in [0.1, 0.15) is 5.60 Å². The van der Waals surface area contributed by atoms with Crippen molar-refractivity contribution in [3.63, 3.8) is 0 Å². The summed E-state index contributed by atoms with van der Waals surface area (Å²) >= 11 is 0. The van der Waals surface area contributed by atoms with E-state index in [-0.39, 0.29) is 6.09 Å². The molecule has 1 aromatic heterocycles. The van der Waals surface area contributed by atoms with Gasteiger partial charge in [0, 0.05) is 19.4 Å². The van der Waals surface area contributed by atoms with E-state index in [9.17, 15) is 4.79 Å². The van der Waals surface area contributed by atoms with Crippen LogP contribution in [0.3, 0.4) is 0 Å². The van der Waals surface area contributed by atoms with Gasteiger partial charge in [-0.05, 0) is 32.4 Å². The van der Waals surface area contributed by atoms with Crippen LogP contribution in [-0.2, 0) is 11.3 Å². The number of rotatable bonds is 2. The van der Waals surface area contributed by atoms with Crippen LogP contribution in [0.4, 0.5) is 10.5 Å². The molecule has 5 nitrogen and oxygen atoms in total. The van der Waals surface area contributed by atoms with Crippen LogP contribution in [0, 0.1) is 0 Å². The highest BCUT2D eigenvalue weighted by atomic mass is 16.6. The van der Waals surface area contributed by atoms with E-state index in [1.807, 2.05) is 20.8 Å². The molecule has 5 heteroatoms. The maximum atomic E-state index is 11.7. The first-order valence-electron chi connectivity index (χ1n) is 5.41. The highest BCUT2D eigenvalue weighted by Gasteiger charge is 2.19. The van der Waals surface area contributed by atoms with Crippen molar-refractivity contribution in [1.82, 2.24) is 9.88 Å². The summed E-state index contributed by atoms with van der Waals surface area (Å²) in [5.41, 5.74) is 6.59. The van der Waals surface area contributed by atoms with Crippen molar-refractivity contribution < 1.29 is 9.53 Å². The first kappa shape index (κ1) is 13.3. The summed E-state index contributed by atoms with van der Waals surface area (Å²) < 4.78 is 5.24. The molecule has 0 radical (unpaired) electrons. The van der Waals surface area contributed by atoms with Gasteiger partial charge in [-0.25, -0.2) is 4.79 Å². The molecule has 2 N–H and O–H groups in total.